The lowest BCUT2D eigenvalue weighted by Crippen LogP contribution is -2.15. The molecule has 0 atom stereocenters. The van der Waals surface area contributed by atoms with Crippen LogP contribution in [0.15, 0.2) is 18.2 Å². The molecule has 0 saturated carbocycles. The highest BCUT2D eigenvalue weighted by atomic mass is 35.5. The Balaban J connectivity index is 1.70. The highest BCUT2D eigenvalue weighted by Gasteiger charge is 2.15. The average Bonchev–Trinajstić information content (AvgIpc) is 2.88. The summed E-state index contributed by atoms with van der Waals surface area (Å²) in [5.41, 5.74) is 2.21. The number of nitrogens with zero attached hydrogens (tertiary/aromatic N) is 3. The van der Waals surface area contributed by atoms with Crippen LogP contribution in [0.5, 0.6) is 0 Å². The second kappa shape index (κ2) is 5.83. The molecule has 2 aromatic rings. The minimum absolute atomic E-state index is 0.689. The molecule has 1 aliphatic rings. The lowest BCUT2D eigenvalue weighted by atomic mass is 10.1. The van der Waals surface area contributed by atoms with Gasteiger partial charge in [-0.05, 0) is 37.0 Å². The fourth-order valence-electron chi connectivity index (χ4n) is 2.62. The third-order valence-electron chi connectivity index (χ3n) is 3.82. The normalized spacial score (nSPS) is 14.1. The predicted molar refractivity (Wildman–Crippen MR) is 81.1 cm³/mol. The fraction of sp³-hybridized carbons (Fsp3) is 0.467. The largest absolute Gasteiger partial charge is 0.378 e. The van der Waals surface area contributed by atoms with Crippen molar-refractivity contribution in [2.24, 2.45) is 0 Å². The molecular formula is C15H19ClN4. The standard InChI is InChI=1S/C15H19ClN4/c1-2-11-6-7-12(9-13(11)16)17-10-15-19-18-14-5-3-4-8-20(14)15/h6-7,9,17H,2-5,8,10H2,1H3. The van der Waals surface area contributed by atoms with E-state index in [1.807, 2.05) is 6.07 Å². The van der Waals surface area contributed by atoms with Crippen LogP contribution in [0.4, 0.5) is 5.69 Å². The maximum Gasteiger partial charge on any atom is 0.152 e. The minimum atomic E-state index is 0.689. The van der Waals surface area contributed by atoms with Crippen molar-refractivity contribution >= 4 is 17.3 Å². The van der Waals surface area contributed by atoms with Gasteiger partial charge in [0.15, 0.2) is 5.82 Å². The number of aromatic nitrogens is 3. The summed E-state index contributed by atoms with van der Waals surface area (Å²) in [7, 11) is 0. The SMILES string of the molecule is CCc1ccc(NCc2nnc3n2CCCC3)cc1Cl. The number of fused-ring (bicyclic) bond motifs is 1. The van der Waals surface area contributed by atoms with Crippen molar-refractivity contribution in [3.63, 3.8) is 0 Å². The zero-order chi connectivity index (χ0) is 13.9. The van der Waals surface area contributed by atoms with Crippen molar-refractivity contribution in [3.8, 4) is 0 Å². The molecule has 0 bridgehead atoms. The van der Waals surface area contributed by atoms with Gasteiger partial charge in [-0.15, -0.1) is 10.2 Å². The summed E-state index contributed by atoms with van der Waals surface area (Å²) in [6.45, 7) is 3.83. The van der Waals surface area contributed by atoms with Crippen LogP contribution >= 0.6 is 11.6 Å². The third kappa shape index (κ3) is 2.66. The van der Waals surface area contributed by atoms with Crippen LogP contribution in [0.25, 0.3) is 0 Å². The molecule has 106 valence electrons. The van der Waals surface area contributed by atoms with Crippen molar-refractivity contribution in [2.75, 3.05) is 5.32 Å². The van der Waals surface area contributed by atoms with Crippen molar-refractivity contribution in [2.45, 2.75) is 45.7 Å². The van der Waals surface area contributed by atoms with Gasteiger partial charge in [0.1, 0.15) is 5.82 Å². The van der Waals surface area contributed by atoms with Gasteiger partial charge >= 0.3 is 0 Å². The van der Waals surface area contributed by atoms with Crippen LogP contribution in [0, 0.1) is 0 Å². The Bertz CT molecular complexity index is 606. The third-order valence-corrected chi connectivity index (χ3v) is 4.17. The molecule has 0 fully saturated rings. The van der Waals surface area contributed by atoms with Gasteiger partial charge in [-0.25, -0.2) is 0 Å². The van der Waals surface area contributed by atoms with E-state index in [9.17, 15) is 0 Å². The number of rotatable bonds is 4. The molecule has 3 rings (SSSR count). The number of halogens is 1. The molecule has 0 unspecified atom stereocenters. The molecule has 1 N–H and O–H groups in total. The van der Waals surface area contributed by atoms with Crippen molar-refractivity contribution in [1.29, 1.82) is 0 Å². The first-order chi connectivity index (χ1) is 9.78. The van der Waals surface area contributed by atoms with E-state index in [-0.39, 0.29) is 0 Å². The van der Waals surface area contributed by atoms with Gasteiger partial charge in [0, 0.05) is 23.7 Å². The maximum atomic E-state index is 6.23. The van der Waals surface area contributed by atoms with E-state index >= 15 is 0 Å². The Kier molecular flexibility index (Phi) is 3.92. The lowest BCUT2D eigenvalue weighted by Gasteiger charge is -2.15. The van der Waals surface area contributed by atoms with Crippen LogP contribution in [0.3, 0.4) is 0 Å². The topological polar surface area (TPSA) is 42.7 Å². The first-order valence-corrected chi connectivity index (χ1v) is 7.59. The molecule has 0 saturated heterocycles. The van der Waals surface area contributed by atoms with Crippen molar-refractivity contribution in [3.05, 3.63) is 40.4 Å². The Hall–Kier alpha value is -1.55. The molecule has 1 aromatic carbocycles. The molecule has 0 radical (unpaired) electrons. The first kappa shape index (κ1) is 13.4. The number of hydrogen-bond acceptors (Lipinski definition) is 3. The van der Waals surface area contributed by atoms with Crippen molar-refractivity contribution < 1.29 is 0 Å². The fourth-order valence-corrected chi connectivity index (χ4v) is 2.94. The number of anilines is 1. The minimum Gasteiger partial charge on any atom is -0.378 e. The van der Waals surface area contributed by atoms with Gasteiger partial charge in [0.2, 0.25) is 0 Å². The summed E-state index contributed by atoms with van der Waals surface area (Å²) < 4.78 is 2.23. The van der Waals surface area contributed by atoms with Gasteiger partial charge in [-0.1, -0.05) is 24.6 Å². The Morgan fingerprint density at radius 2 is 2.20 bits per heavy atom. The lowest BCUT2D eigenvalue weighted by molar-refractivity contribution is 0.510. The molecule has 0 aliphatic carbocycles. The van der Waals surface area contributed by atoms with Crippen LogP contribution in [0.2, 0.25) is 5.02 Å². The number of hydrogen-bond donors (Lipinski definition) is 1. The van der Waals surface area contributed by atoms with E-state index in [1.54, 1.807) is 0 Å². The molecule has 4 nitrogen and oxygen atoms in total. The Morgan fingerprint density at radius 1 is 1.30 bits per heavy atom. The number of benzene rings is 1. The van der Waals surface area contributed by atoms with E-state index < -0.39 is 0 Å². The first-order valence-electron chi connectivity index (χ1n) is 7.21. The quantitative estimate of drug-likeness (QED) is 0.938. The van der Waals surface area contributed by atoms with Crippen LogP contribution in [-0.4, -0.2) is 14.8 Å². The second-order valence-electron chi connectivity index (χ2n) is 5.15. The van der Waals surface area contributed by atoms with Crippen LogP contribution < -0.4 is 5.32 Å². The number of nitrogens with one attached hydrogen (secondary N) is 1. The molecule has 2 heterocycles. The van der Waals surface area contributed by atoms with Gasteiger partial charge in [-0.2, -0.15) is 0 Å². The van der Waals surface area contributed by atoms with E-state index in [0.717, 1.165) is 41.7 Å². The summed E-state index contributed by atoms with van der Waals surface area (Å²) in [4.78, 5) is 0. The number of aryl methyl sites for hydroxylation is 2. The molecule has 1 aliphatic heterocycles. The highest BCUT2D eigenvalue weighted by Crippen LogP contribution is 2.22. The summed E-state index contributed by atoms with van der Waals surface area (Å²) in [6.07, 6.45) is 4.44. The molecule has 20 heavy (non-hydrogen) atoms. The molecule has 1 aromatic heterocycles. The monoisotopic (exact) mass is 290 g/mol. The summed E-state index contributed by atoms with van der Waals surface area (Å²) >= 11 is 6.23. The van der Waals surface area contributed by atoms with E-state index in [2.05, 4.69) is 39.1 Å². The second-order valence-corrected chi connectivity index (χ2v) is 5.56. The molecule has 0 amide bonds. The predicted octanol–water partition coefficient (Wildman–Crippen LogP) is 3.44. The molecule has 0 spiro atoms. The van der Waals surface area contributed by atoms with Crippen LogP contribution in [0.1, 0.15) is 37.0 Å². The van der Waals surface area contributed by atoms with E-state index in [0.29, 0.717) is 6.54 Å². The van der Waals surface area contributed by atoms with Gasteiger partial charge in [0.25, 0.3) is 0 Å². The highest BCUT2D eigenvalue weighted by molar-refractivity contribution is 6.31. The summed E-state index contributed by atoms with van der Waals surface area (Å²) in [5.74, 6) is 2.13. The molecular weight excluding hydrogens is 272 g/mol. The van der Waals surface area contributed by atoms with Gasteiger partial charge in [0.05, 0.1) is 6.54 Å². The zero-order valence-electron chi connectivity index (χ0n) is 11.7. The molecule has 5 heteroatoms. The Morgan fingerprint density at radius 3 is 3.00 bits per heavy atom. The van der Waals surface area contributed by atoms with E-state index in [1.165, 1.54) is 18.4 Å². The maximum absolute atomic E-state index is 6.23. The van der Waals surface area contributed by atoms with Gasteiger partial charge in [-0.3, -0.25) is 0 Å². The smallest absolute Gasteiger partial charge is 0.152 e. The average molecular weight is 291 g/mol. The van der Waals surface area contributed by atoms with E-state index in [4.69, 9.17) is 11.6 Å². The summed E-state index contributed by atoms with van der Waals surface area (Å²) in [5, 5.41) is 12.7. The Labute approximate surface area is 124 Å². The zero-order valence-corrected chi connectivity index (χ0v) is 12.5. The van der Waals surface area contributed by atoms with Crippen LogP contribution in [-0.2, 0) is 25.9 Å². The van der Waals surface area contributed by atoms with Gasteiger partial charge < -0.3 is 9.88 Å². The van der Waals surface area contributed by atoms with Crippen molar-refractivity contribution in [1.82, 2.24) is 14.8 Å². The summed E-state index contributed by atoms with van der Waals surface area (Å²) in [6, 6.07) is 6.12.